The van der Waals surface area contributed by atoms with E-state index in [-0.39, 0.29) is 0 Å². The first-order valence-electron chi connectivity index (χ1n) is 4.18. The van der Waals surface area contributed by atoms with Crippen LogP contribution < -0.4 is 11.1 Å². The van der Waals surface area contributed by atoms with Crippen molar-refractivity contribution in [2.24, 2.45) is 16.6 Å². The fourth-order valence-corrected chi connectivity index (χ4v) is 0.656. The SMILES string of the molecule is CC(C)C=NCCNCCN. The molecule has 0 rings (SSSR count). The van der Waals surface area contributed by atoms with E-state index in [2.05, 4.69) is 24.2 Å². The first kappa shape index (κ1) is 10.6. The van der Waals surface area contributed by atoms with Gasteiger partial charge in [-0.1, -0.05) is 13.8 Å². The minimum Gasteiger partial charge on any atom is -0.329 e. The molecule has 3 heteroatoms. The number of nitrogens with two attached hydrogens (primary N) is 1. The summed E-state index contributed by atoms with van der Waals surface area (Å²) in [6.45, 7) is 7.62. The van der Waals surface area contributed by atoms with Gasteiger partial charge < -0.3 is 11.1 Å². The fourth-order valence-electron chi connectivity index (χ4n) is 0.656. The van der Waals surface area contributed by atoms with Crippen molar-refractivity contribution in [2.45, 2.75) is 13.8 Å². The summed E-state index contributed by atoms with van der Waals surface area (Å²) in [6.07, 6.45) is 1.98. The minimum absolute atomic E-state index is 0.560. The van der Waals surface area contributed by atoms with Crippen LogP contribution in [0.15, 0.2) is 4.99 Å². The van der Waals surface area contributed by atoms with E-state index in [1.807, 2.05) is 6.21 Å². The molecule has 0 radical (unpaired) electrons. The van der Waals surface area contributed by atoms with E-state index >= 15 is 0 Å². The molecule has 0 aliphatic carbocycles. The number of hydrogen-bond acceptors (Lipinski definition) is 3. The van der Waals surface area contributed by atoms with E-state index < -0.39 is 0 Å². The topological polar surface area (TPSA) is 50.4 Å². The van der Waals surface area contributed by atoms with Gasteiger partial charge in [-0.25, -0.2) is 0 Å². The van der Waals surface area contributed by atoms with Gasteiger partial charge in [0, 0.05) is 25.8 Å². The quantitative estimate of drug-likeness (QED) is 0.429. The average molecular weight is 157 g/mol. The van der Waals surface area contributed by atoms with Crippen LogP contribution in [0.4, 0.5) is 0 Å². The maximum absolute atomic E-state index is 5.29. The van der Waals surface area contributed by atoms with Crippen LogP contribution in [0.2, 0.25) is 0 Å². The van der Waals surface area contributed by atoms with E-state index in [0.29, 0.717) is 12.5 Å². The third kappa shape index (κ3) is 9.59. The van der Waals surface area contributed by atoms with E-state index in [1.54, 1.807) is 0 Å². The highest BCUT2D eigenvalue weighted by Gasteiger charge is 1.84. The first-order chi connectivity index (χ1) is 5.27. The molecule has 0 unspecified atom stereocenters. The lowest BCUT2D eigenvalue weighted by Crippen LogP contribution is -2.24. The smallest absolute Gasteiger partial charge is 0.0510 e. The van der Waals surface area contributed by atoms with Crippen LogP contribution in [0, 0.1) is 5.92 Å². The molecule has 0 atom stereocenters. The average Bonchev–Trinajstić information content (AvgIpc) is 1.96. The van der Waals surface area contributed by atoms with Crippen molar-refractivity contribution >= 4 is 6.21 Å². The molecular weight excluding hydrogens is 138 g/mol. The van der Waals surface area contributed by atoms with Gasteiger partial charge in [-0.3, -0.25) is 4.99 Å². The van der Waals surface area contributed by atoms with Gasteiger partial charge in [-0.2, -0.15) is 0 Å². The second kappa shape index (κ2) is 7.69. The lowest BCUT2D eigenvalue weighted by atomic mass is 10.2. The molecule has 0 saturated carbocycles. The van der Waals surface area contributed by atoms with Gasteiger partial charge in [-0.15, -0.1) is 0 Å². The van der Waals surface area contributed by atoms with Crippen molar-refractivity contribution in [1.29, 1.82) is 0 Å². The molecule has 0 saturated heterocycles. The maximum atomic E-state index is 5.29. The van der Waals surface area contributed by atoms with Crippen molar-refractivity contribution in [1.82, 2.24) is 5.32 Å². The van der Waals surface area contributed by atoms with E-state index in [1.165, 1.54) is 0 Å². The molecule has 0 heterocycles. The predicted molar refractivity (Wildman–Crippen MR) is 50.1 cm³/mol. The zero-order valence-electron chi connectivity index (χ0n) is 7.51. The number of nitrogens with zero attached hydrogens (tertiary/aromatic N) is 1. The summed E-state index contributed by atoms with van der Waals surface area (Å²) in [7, 11) is 0. The second-order valence-corrected chi connectivity index (χ2v) is 2.84. The van der Waals surface area contributed by atoms with Crippen LogP contribution >= 0.6 is 0 Å². The monoisotopic (exact) mass is 157 g/mol. The van der Waals surface area contributed by atoms with Crippen LogP contribution in [-0.4, -0.2) is 32.4 Å². The highest BCUT2D eigenvalue weighted by atomic mass is 14.9. The van der Waals surface area contributed by atoms with Gasteiger partial charge in [0.2, 0.25) is 0 Å². The Morgan fingerprint density at radius 2 is 2.18 bits per heavy atom. The van der Waals surface area contributed by atoms with Crippen molar-refractivity contribution in [3.63, 3.8) is 0 Å². The van der Waals surface area contributed by atoms with Crippen LogP contribution in [-0.2, 0) is 0 Å². The van der Waals surface area contributed by atoms with Crippen LogP contribution in [0.25, 0.3) is 0 Å². The molecule has 0 spiro atoms. The summed E-state index contributed by atoms with van der Waals surface area (Å²) in [6, 6.07) is 0. The zero-order chi connectivity index (χ0) is 8.53. The Morgan fingerprint density at radius 1 is 1.45 bits per heavy atom. The number of rotatable bonds is 6. The minimum atomic E-state index is 0.560. The van der Waals surface area contributed by atoms with Gasteiger partial charge in [0.05, 0.1) is 6.54 Å². The summed E-state index contributed by atoms with van der Waals surface area (Å²) >= 11 is 0. The number of nitrogens with one attached hydrogen (secondary N) is 1. The lowest BCUT2D eigenvalue weighted by Gasteiger charge is -1.98. The van der Waals surface area contributed by atoms with E-state index in [0.717, 1.165) is 19.6 Å². The molecule has 0 amide bonds. The normalized spacial score (nSPS) is 11.6. The van der Waals surface area contributed by atoms with Crippen molar-refractivity contribution in [2.75, 3.05) is 26.2 Å². The zero-order valence-corrected chi connectivity index (χ0v) is 7.51. The predicted octanol–water partition coefficient (Wildman–Crippen LogP) is 0.262. The molecule has 11 heavy (non-hydrogen) atoms. The van der Waals surface area contributed by atoms with Gasteiger partial charge in [0.1, 0.15) is 0 Å². The van der Waals surface area contributed by atoms with E-state index in [9.17, 15) is 0 Å². The molecule has 0 bridgehead atoms. The molecule has 0 aromatic rings. The standard InChI is InChI=1S/C8H19N3/c1-8(2)7-11-6-5-10-4-3-9/h7-8,10H,3-6,9H2,1-2H3. The lowest BCUT2D eigenvalue weighted by molar-refractivity contribution is 0.695. The Kier molecular flexibility index (Phi) is 7.41. The first-order valence-corrected chi connectivity index (χ1v) is 4.18. The number of hydrogen-bond donors (Lipinski definition) is 2. The van der Waals surface area contributed by atoms with Gasteiger partial charge in [-0.05, 0) is 5.92 Å². The van der Waals surface area contributed by atoms with Crippen LogP contribution in [0.1, 0.15) is 13.8 Å². The molecule has 0 fully saturated rings. The van der Waals surface area contributed by atoms with Gasteiger partial charge in [0.15, 0.2) is 0 Å². The van der Waals surface area contributed by atoms with Crippen molar-refractivity contribution in [3.05, 3.63) is 0 Å². The summed E-state index contributed by atoms with van der Waals surface area (Å²) in [4.78, 5) is 4.21. The molecule has 0 aliphatic heterocycles. The Hall–Kier alpha value is -0.410. The second-order valence-electron chi connectivity index (χ2n) is 2.84. The molecule has 66 valence electrons. The summed E-state index contributed by atoms with van der Waals surface area (Å²) < 4.78 is 0. The largest absolute Gasteiger partial charge is 0.329 e. The Bertz CT molecular complexity index is 99.5. The Balaban J connectivity index is 3.01. The summed E-state index contributed by atoms with van der Waals surface area (Å²) in [5.41, 5.74) is 5.29. The molecule has 0 aliphatic rings. The Labute approximate surface area is 69.1 Å². The Morgan fingerprint density at radius 3 is 2.73 bits per heavy atom. The van der Waals surface area contributed by atoms with Crippen molar-refractivity contribution < 1.29 is 0 Å². The van der Waals surface area contributed by atoms with Gasteiger partial charge >= 0.3 is 0 Å². The van der Waals surface area contributed by atoms with Crippen LogP contribution in [0.3, 0.4) is 0 Å². The highest BCUT2D eigenvalue weighted by molar-refractivity contribution is 5.59. The maximum Gasteiger partial charge on any atom is 0.0510 e. The third-order valence-electron chi connectivity index (χ3n) is 1.14. The number of aliphatic imine (C=N–C) groups is 1. The molecular formula is C8H19N3. The molecule has 3 N–H and O–H groups in total. The van der Waals surface area contributed by atoms with Crippen LogP contribution in [0.5, 0.6) is 0 Å². The molecule has 0 aromatic heterocycles. The van der Waals surface area contributed by atoms with E-state index in [4.69, 9.17) is 5.73 Å². The molecule has 0 aromatic carbocycles. The third-order valence-corrected chi connectivity index (χ3v) is 1.14. The highest BCUT2D eigenvalue weighted by Crippen LogP contribution is 1.83. The fraction of sp³-hybridized carbons (Fsp3) is 0.875. The van der Waals surface area contributed by atoms with Crippen molar-refractivity contribution in [3.8, 4) is 0 Å². The summed E-state index contributed by atoms with van der Waals surface area (Å²) in [5.74, 6) is 0.560. The molecule has 3 nitrogen and oxygen atoms in total. The summed E-state index contributed by atoms with van der Waals surface area (Å²) in [5, 5.41) is 3.17. The van der Waals surface area contributed by atoms with Gasteiger partial charge in [0.25, 0.3) is 0 Å².